The Labute approximate surface area is 109 Å². The minimum absolute atomic E-state index is 0.00398. The summed E-state index contributed by atoms with van der Waals surface area (Å²) in [6, 6.07) is 6.98. The Morgan fingerprint density at radius 1 is 1.11 bits per heavy atom. The molecule has 1 saturated heterocycles. The highest BCUT2D eigenvalue weighted by Gasteiger charge is 2.26. The van der Waals surface area contributed by atoms with Gasteiger partial charge in [0.15, 0.2) is 0 Å². The van der Waals surface area contributed by atoms with Crippen molar-refractivity contribution in [2.75, 3.05) is 13.1 Å². The van der Waals surface area contributed by atoms with E-state index in [4.69, 9.17) is 5.73 Å². The number of rotatable bonds is 3. The van der Waals surface area contributed by atoms with Crippen LogP contribution in [0.25, 0.3) is 0 Å². The van der Waals surface area contributed by atoms with Crippen LogP contribution in [0.4, 0.5) is 4.39 Å². The van der Waals surface area contributed by atoms with E-state index in [1.54, 1.807) is 6.07 Å². The highest BCUT2D eigenvalue weighted by atomic mass is 19.1. The standard InChI is InChI=1S/C15H23FN2/c1-12(17)15(13-8-4-5-9-14(13)16)18-10-6-2-3-7-11-18/h4-5,8-9,12,15H,2-3,6-7,10-11,17H2,1H3. The van der Waals surface area contributed by atoms with E-state index < -0.39 is 0 Å². The number of nitrogens with two attached hydrogens (primary N) is 1. The van der Waals surface area contributed by atoms with E-state index in [1.165, 1.54) is 31.7 Å². The molecule has 0 spiro atoms. The van der Waals surface area contributed by atoms with Gasteiger partial charge >= 0.3 is 0 Å². The smallest absolute Gasteiger partial charge is 0.128 e. The quantitative estimate of drug-likeness (QED) is 0.893. The van der Waals surface area contributed by atoms with Crippen LogP contribution < -0.4 is 5.73 Å². The third-order valence-corrected chi connectivity index (χ3v) is 3.76. The number of hydrogen-bond donors (Lipinski definition) is 1. The van der Waals surface area contributed by atoms with E-state index in [-0.39, 0.29) is 17.9 Å². The largest absolute Gasteiger partial charge is 0.326 e. The van der Waals surface area contributed by atoms with Gasteiger partial charge in [0.2, 0.25) is 0 Å². The Hall–Kier alpha value is -0.930. The lowest BCUT2D eigenvalue weighted by molar-refractivity contribution is 0.179. The number of nitrogens with zero attached hydrogens (tertiary/aromatic N) is 1. The van der Waals surface area contributed by atoms with Gasteiger partial charge in [0.1, 0.15) is 5.82 Å². The molecule has 2 unspecified atom stereocenters. The number of benzene rings is 1. The number of halogens is 1. The van der Waals surface area contributed by atoms with Gasteiger partial charge < -0.3 is 5.73 Å². The molecule has 1 aliphatic heterocycles. The van der Waals surface area contributed by atoms with Crippen molar-refractivity contribution in [3.8, 4) is 0 Å². The Bertz CT molecular complexity index is 371. The summed E-state index contributed by atoms with van der Waals surface area (Å²) < 4.78 is 14.0. The molecule has 1 aromatic rings. The lowest BCUT2D eigenvalue weighted by Gasteiger charge is -2.34. The monoisotopic (exact) mass is 250 g/mol. The fourth-order valence-electron chi connectivity index (χ4n) is 2.90. The van der Waals surface area contributed by atoms with E-state index in [1.807, 2.05) is 19.1 Å². The summed E-state index contributed by atoms with van der Waals surface area (Å²) in [6.45, 7) is 4.03. The van der Waals surface area contributed by atoms with Crippen LogP contribution in [0.1, 0.15) is 44.2 Å². The molecule has 3 heteroatoms. The lowest BCUT2D eigenvalue weighted by Crippen LogP contribution is -2.40. The molecule has 1 fully saturated rings. The topological polar surface area (TPSA) is 29.3 Å². The zero-order chi connectivity index (χ0) is 13.0. The van der Waals surface area contributed by atoms with Crippen LogP contribution in [0.5, 0.6) is 0 Å². The van der Waals surface area contributed by atoms with E-state index in [9.17, 15) is 4.39 Å². The molecular weight excluding hydrogens is 227 g/mol. The first-order chi connectivity index (χ1) is 8.70. The first-order valence-electron chi connectivity index (χ1n) is 6.94. The summed E-state index contributed by atoms with van der Waals surface area (Å²) in [5.41, 5.74) is 6.86. The summed E-state index contributed by atoms with van der Waals surface area (Å²) >= 11 is 0. The Morgan fingerprint density at radius 2 is 1.72 bits per heavy atom. The van der Waals surface area contributed by atoms with Crippen molar-refractivity contribution in [3.05, 3.63) is 35.6 Å². The van der Waals surface area contributed by atoms with Gasteiger partial charge in [0.25, 0.3) is 0 Å². The number of likely N-dealkylation sites (tertiary alicyclic amines) is 1. The van der Waals surface area contributed by atoms with Gasteiger partial charge in [-0.15, -0.1) is 0 Å². The first-order valence-corrected chi connectivity index (χ1v) is 6.94. The van der Waals surface area contributed by atoms with E-state index in [0.29, 0.717) is 0 Å². The van der Waals surface area contributed by atoms with Crippen molar-refractivity contribution >= 4 is 0 Å². The average Bonchev–Trinajstić information content (AvgIpc) is 2.60. The van der Waals surface area contributed by atoms with Gasteiger partial charge in [-0.1, -0.05) is 31.0 Å². The van der Waals surface area contributed by atoms with Crippen molar-refractivity contribution in [3.63, 3.8) is 0 Å². The second-order valence-corrected chi connectivity index (χ2v) is 5.28. The lowest BCUT2D eigenvalue weighted by atomic mass is 9.98. The minimum Gasteiger partial charge on any atom is -0.326 e. The summed E-state index contributed by atoms with van der Waals surface area (Å²) in [5.74, 6) is -0.135. The Kier molecular flexibility index (Phi) is 4.72. The first kappa shape index (κ1) is 13.5. The maximum atomic E-state index is 14.0. The predicted octanol–water partition coefficient (Wildman–Crippen LogP) is 3.09. The van der Waals surface area contributed by atoms with Crippen molar-refractivity contribution in [2.45, 2.75) is 44.7 Å². The molecule has 0 bridgehead atoms. The molecule has 0 amide bonds. The molecular formula is C15H23FN2. The van der Waals surface area contributed by atoms with Crippen molar-refractivity contribution in [1.29, 1.82) is 0 Å². The second-order valence-electron chi connectivity index (χ2n) is 5.28. The Balaban J connectivity index is 2.24. The van der Waals surface area contributed by atoms with Gasteiger partial charge in [-0.05, 0) is 38.9 Å². The maximum absolute atomic E-state index is 14.0. The third-order valence-electron chi connectivity index (χ3n) is 3.76. The molecule has 2 N–H and O–H groups in total. The molecule has 0 radical (unpaired) electrons. The molecule has 2 atom stereocenters. The van der Waals surface area contributed by atoms with Crippen LogP contribution in [0.2, 0.25) is 0 Å². The zero-order valence-electron chi connectivity index (χ0n) is 11.1. The molecule has 100 valence electrons. The summed E-state index contributed by atoms with van der Waals surface area (Å²) in [4.78, 5) is 2.36. The molecule has 1 aliphatic rings. The fraction of sp³-hybridized carbons (Fsp3) is 0.600. The molecule has 2 rings (SSSR count). The van der Waals surface area contributed by atoms with Crippen molar-refractivity contribution < 1.29 is 4.39 Å². The van der Waals surface area contributed by atoms with Gasteiger partial charge in [0, 0.05) is 11.6 Å². The molecule has 0 aromatic heterocycles. The van der Waals surface area contributed by atoms with Gasteiger partial charge in [-0.25, -0.2) is 4.39 Å². The van der Waals surface area contributed by atoms with Crippen LogP contribution in [-0.2, 0) is 0 Å². The van der Waals surface area contributed by atoms with Crippen molar-refractivity contribution in [2.24, 2.45) is 5.73 Å². The molecule has 1 aromatic carbocycles. The minimum atomic E-state index is -0.135. The second kappa shape index (κ2) is 6.30. The van der Waals surface area contributed by atoms with Crippen LogP contribution >= 0.6 is 0 Å². The van der Waals surface area contributed by atoms with Crippen LogP contribution in [0.15, 0.2) is 24.3 Å². The van der Waals surface area contributed by atoms with Crippen LogP contribution in [0, 0.1) is 5.82 Å². The summed E-state index contributed by atoms with van der Waals surface area (Å²) in [6.07, 6.45) is 4.94. The highest BCUT2D eigenvalue weighted by Crippen LogP contribution is 2.28. The molecule has 0 saturated carbocycles. The molecule has 18 heavy (non-hydrogen) atoms. The van der Waals surface area contributed by atoms with Gasteiger partial charge in [0.05, 0.1) is 6.04 Å². The number of hydrogen-bond acceptors (Lipinski definition) is 2. The predicted molar refractivity (Wildman–Crippen MR) is 72.8 cm³/mol. The van der Waals surface area contributed by atoms with Crippen molar-refractivity contribution in [1.82, 2.24) is 4.90 Å². The third kappa shape index (κ3) is 3.09. The fourth-order valence-corrected chi connectivity index (χ4v) is 2.90. The molecule has 1 heterocycles. The summed E-state index contributed by atoms with van der Waals surface area (Å²) in [7, 11) is 0. The maximum Gasteiger partial charge on any atom is 0.128 e. The molecule has 0 aliphatic carbocycles. The van der Waals surface area contributed by atoms with Gasteiger partial charge in [-0.2, -0.15) is 0 Å². The normalized spacial score (nSPS) is 21.3. The van der Waals surface area contributed by atoms with E-state index >= 15 is 0 Å². The SMILES string of the molecule is CC(N)C(c1ccccc1F)N1CCCCCC1. The average molecular weight is 250 g/mol. The van der Waals surface area contributed by atoms with Gasteiger partial charge in [-0.3, -0.25) is 4.90 Å². The Morgan fingerprint density at radius 3 is 2.28 bits per heavy atom. The highest BCUT2D eigenvalue weighted by molar-refractivity contribution is 5.22. The van der Waals surface area contributed by atoms with Crippen LogP contribution in [-0.4, -0.2) is 24.0 Å². The van der Waals surface area contributed by atoms with E-state index in [2.05, 4.69) is 4.90 Å². The van der Waals surface area contributed by atoms with Crippen LogP contribution in [0.3, 0.4) is 0 Å². The molecule has 2 nitrogen and oxygen atoms in total. The zero-order valence-corrected chi connectivity index (χ0v) is 11.1. The summed E-state index contributed by atoms with van der Waals surface area (Å²) in [5, 5.41) is 0. The van der Waals surface area contributed by atoms with E-state index in [0.717, 1.165) is 18.7 Å².